The minimum Gasteiger partial charge on any atom is -0.476 e. The maximum absolute atomic E-state index is 5.96. The summed E-state index contributed by atoms with van der Waals surface area (Å²) < 4.78 is 5.72. The number of nitrogens with zero attached hydrogens (tertiary/aromatic N) is 3. The molecule has 118 valence electrons. The topological polar surface area (TPSA) is 54.6 Å². The van der Waals surface area contributed by atoms with E-state index in [4.69, 9.17) is 10.5 Å². The fourth-order valence-electron chi connectivity index (χ4n) is 2.64. The number of pyridine rings is 1. The molecule has 1 atom stereocenters. The van der Waals surface area contributed by atoms with Gasteiger partial charge in [0.05, 0.1) is 12.3 Å². The Morgan fingerprint density at radius 1 is 1.48 bits per heavy atom. The molecule has 1 fully saturated rings. The van der Waals surface area contributed by atoms with Crippen LogP contribution < -0.4 is 15.4 Å². The van der Waals surface area contributed by atoms with Crippen LogP contribution in [0.4, 0.5) is 11.5 Å². The number of anilines is 2. The van der Waals surface area contributed by atoms with Crippen LogP contribution in [0.1, 0.15) is 26.7 Å². The molecule has 21 heavy (non-hydrogen) atoms. The van der Waals surface area contributed by atoms with Gasteiger partial charge in [-0.05, 0) is 44.5 Å². The molecule has 1 aromatic heterocycles. The van der Waals surface area contributed by atoms with Crippen molar-refractivity contribution in [1.29, 1.82) is 0 Å². The molecule has 1 aliphatic heterocycles. The summed E-state index contributed by atoms with van der Waals surface area (Å²) in [4.78, 5) is 9.23. The van der Waals surface area contributed by atoms with E-state index in [1.165, 1.54) is 19.4 Å². The molecule has 5 heteroatoms. The van der Waals surface area contributed by atoms with E-state index in [-0.39, 0.29) is 0 Å². The zero-order valence-corrected chi connectivity index (χ0v) is 13.7. The van der Waals surface area contributed by atoms with E-state index in [1.54, 1.807) is 0 Å². The Labute approximate surface area is 128 Å². The van der Waals surface area contributed by atoms with Crippen LogP contribution in [0.25, 0.3) is 0 Å². The van der Waals surface area contributed by atoms with E-state index in [0.717, 1.165) is 12.4 Å². The van der Waals surface area contributed by atoms with Crippen molar-refractivity contribution in [2.24, 2.45) is 5.92 Å². The second kappa shape index (κ2) is 6.98. The molecule has 0 amide bonds. The van der Waals surface area contributed by atoms with Gasteiger partial charge in [-0.2, -0.15) is 4.98 Å². The third-order valence-corrected chi connectivity index (χ3v) is 3.94. The van der Waals surface area contributed by atoms with E-state index in [1.807, 2.05) is 12.1 Å². The van der Waals surface area contributed by atoms with Crippen LogP contribution in [-0.2, 0) is 0 Å². The average Bonchev–Trinajstić information content (AvgIpc) is 2.45. The largest absolute Gasteiger partial charge is 0.476 e. The number of nitrogens with two attached hydrogens (primary N) is 1. The highest BCUT2D eigenvalue weighted by Gasteiger charge is 2.22. The van der Waals surface area contributed by atoms with Crippen molar-refractivity contribution in [3.63, 3.8) is 0 Å². The fraction of sp³-hybridized carbons (Fsp3) is 0.688. The van der Waals surface area contributed by atoms with Crippen molar-refractivity contribution in [2.75, 3.05) is 44.4 Å². The van der Waals surface area contributed by atoms with Gasteiger partial charge in [0.25, 0.3) is 0 Å². The van der Waals surface area contributed by atoms with Crippen molar-refractivity contribution < 1.29 is 4.74 Å². The molecular formula is C16H28N4O. The van der Waals surface area contributed by atoms with Gasteiger partial charge in [0.15, 0.2) is 0 Å². The molecule has 0 spiro atoms. The van der Waals surface area contributed by atoms with Gasteiger partial charge in [-0.3, -0.25) is 0 Å². The number of nitrogen functional groups attached to an aromatic ring is 1. The van der Waals surface area contributed by atoms with Gasteiger partial charge in [-0.15, -0.1) is 0 Å². The molecule has 2 heterocycles. The first-order valence-electron chi connectivity index (χ1n) is 7.78. The molecule has 0 bridgehead atoms. The summed E-state index contributed by atoms with van der Waals surface area (Å²) in [6.45, 7) is 7.12. The number of piperidine rings is 1. The first-order valence-corrected chi connectivity index (χ1v) is 7.78. The van der Waals surface area contributed by atoms with Crippen LogP contribution in [0.3, 0.4) is 0 Å². The fourth-order valence-corrected chi connectivity index (χ4v) is 2.64. The van der Waals surface area contributed by atoms with E-state index in [9.17, 15) is 0 Å². The third-order valence-electron chi connectivity index (χ3n) is 3.94. The number of likely N-dealkylation sites (tertiary alicyclic amines) is 1. The number of rotatable bonds is 5. The molecule has 1 aliphatic rings. The lowest BCUT2D eigenvalue weighted by Crippen LogP contribution is -2.45. The smallest absolute Gasteiger partial charge is 0.239 e. The van der Waals surface area contributed by atoms with Crippen molar-refractivity contribution in [3.8, 4) is 5.88 Å². The number of aromatic nitrogens is 1. The molecule has 2 N–H and O–H groups in total. The zero-order valence-electron chi connectivity index (χ0n) is 13.7. The third kappa shape index (κ3) is 4.24. The van der Waals surface area contributed by atoms with Crippen molar-refractivity contribution >= 4 is 11.5 Å². The van der Waals surface area contributed by atoms with Crippen LogP contribution >= 0.6 is 0 Å². The molecule has 1 aromatic rings. The standard InChI is InChI=1S/C16H28N4O/c1-12(2)11-21-16-14(17)7-8-15(18-16)20(4)13-6-5-9-19(3)10-13/h7-8,12-13H,5-6,9-11,17H2,1-4H3. The Kier molecular flexibility index (Phi) is 5.28. The molecule has 1 saturated heterocycles. The van der Waals surface area contributed by atoms with E-state index in [2.05, 4.69) is 42.7 Å². The van der Waals surface area contributed by atoms with E-state index >= 15 is 0 Å². The molecular weight excluding hydrogens is 264 g/mol. The first kappa shape index (κ1) is 15.9. The molecule has 0 radical (unpaired) electrons. The quantitative estimate of drug-likeness (QED) is 0.902. The maximum Gasteiger partial charge on any atom is 0.239 e. The zero-order chi connectivity index (χ0) is 15.4. The number of ether oxygens (including phenoxy) is 1. The summed E-state index contributed by atoms with van der Waals surface area (Å²) in [5.74, 6) is 1.94. The second-order valence-electron chi connectivity index (χ2n) is 6.44. The number of hydrogen-bond donors (Lipinski definition) is 1. The predicted molar refractivity (Wildman–Crippen MR) is 87.9 cm³/mol. The minimum absolute atomic E-state index is 0.458. The van der Waals surface area contributed by atoms with Gasteiger partial charge in [-0.25, -0.2) is 0 Å². The molecule has 5 nitrogen and oxygen atoms in total. The Morgan fingerprint density at radius 2 is 2.24 bits per heavy atom. The van der Waals surface area contributed by atoms with E-state index in [0.29, 0.717) is 30.1 Å². The Balaban J connectivity index is 2.09. The van der Waals surface area contributed by atoms with Crippen molar-refractivity contribution in [3.05, 3.63) is 12.1 Å². The second-order valence-corrected chi connectivity index (χ2v) is 6.44. The van der Waals surface area contributed by atoms with Gasteiger partial charge < -0.3 is 20.3 Å². The van der Waals surface area contributed by atoms with Crippen molar-refractivity contribution in [1.82, 2.24) is 9.88 Å². The molecule has 0 saturated carbocycles. The predicted octanol–water partition coefficient (Wildman–Crippen LogP) is 2.23. The van der Waals surface area contributed by atoms with Gasteiger partial charge in [-0.1, -0.05) is 13.8 Å². The molecule has 0 aliphatic carbocycles. The van der Waals surface area contributed by atoms with Gasteiger partial charge in [0, 0.05) is 19.6 Å². The van der Waals surface area contributed by atoms with Gasteiger partial charge in [0.2, 0.25) is 5.88 Å². The highest BCUT2D eigenvalue weighted by atomic mass is 16.5. The summed E-state index contributed by atoms with van der Waals surface area (Å²) in [6.07, 6.45) is 2.44. The normalized spacial score (nSPS) is 19.8. The summed E-state index contributed by atoms with van der Waals surface area (Å²) in [6, 6.07) is 4.37. The lowest BCUT2D eigenvalue weighted by molar-refractivity contribution is 0.246. The van der Waals surface area contributed by atoms with Crippen LogP contribution in [0, 0.1) is 5.92 Å². The summed E-state index contributed by atoms with van der Waals surface area (Å²) in [5, 5.41) is 0. The van der Waals surface area contributed by atoms with E-state index < -0.39 is 0 Å². The monoisotopic (exact) mass is 292 g/mol. The molecule has 0 aromatic carbocycles. The van der Waals surface area contributed by atoms with Crippen LogP contribution in [0.2, 0.25) is 0 Å². The number of hydrogen-bond acceptors (Lipinski definition) is 5. The Morgan fingerprint density at radius 3 is 2.90 bits per heavy atom. The van der Waals surface area contributed by atoms with Crippen LogP contribution in [0.5, 0.6) is 5.88 Å². The Hall–Kier alpha value is -1.49. The average molecular weight is 292 g/mol. The van der Waals surface area contributed by atoms with Gasteiger partial charge in [0.1, 0.15) is 5.82 Å². The van der Waals surface area contributed by atoms with Crippen molar-refractivity contribution in [2.45, 2.75) is 32.7 Å². The SMILES string of the molecule is CC(C)COc1nc(N(C)C2CCCN(C)C2)ccc1N. The maximum atomic E-state index is 5.96. The first-order chi connectivity index (χ1) is 9.97. The van der Waals surface area contributed by atoms with Crippen LogP contribution in [-0.4, -0.2) is 49.7 Å². The highest BCUT2D eigenvalue weighted by Crippen LogP contribution is 2.26. The summed E-state index contributed by atoms with van der Waals surface area (Å²) in [5.41, 5.74) is 6.57. The van der Waals surface area contributed by atoms with Gasteiger partial charge >= 0.3 is 0 Å². The molecule has 2 rings (SSSR count). The Bertz CT molecular complexity index is 464. The molecule has 1 unspecified atom stereocenters. The number of likely N-dealkylation sites (N-methyl/N-ethyl adjacent to an activating group) is 2. The lowest BCUT2D eigenvalue weighted by atomic mass is 10.1. The summed E-state index contributed by atoms with van der Waals surface area (Å²) in [7, 11) is 4.28. The minimum atomic E-state index is 0.458. The van der Waals surface area contributed by atoms with Crippen LogP contribution in [0.15, 0.2) is 12.1 Å². The highest BCUT2D eigenvalue weighted by molar-refractivity contribution is 5.54. The lowest BCUT2D eigenvalue weighted by Gasteiger charge is -2.36. The summed E-state index contributed by atoms with van der Waals surface area (Å²) >= 11 is 0.